The van der Waals surface area contributed by atoms with Crippen molar-refractivity contribution >= 4 is 26.5 Å². The average molecular weight is 612 g/mol. The van der Waals surface area contributed by atoms with Crippen molar-refractivity contribution in [3.05, 3.63) is 75.1 Å². The minimum absolute atomic E-state index is 0.0859. The summed E-state index contributed by atoms with van der Waals surface area (Å²) in [6, 6.07) is 14.2. The standard InChI is InChI=1S/C30H37N5O7S/c1-30(2,3)20-18-23(32-43(5,38)39)27(40-4)25(19-20)35-29(37)34(28(36)31-35)24-10-11-26(22-9-7-6-8-21(22)24)42-17-14-33-12-15-41-16-13-33/h6-11,18-19,32H,12-17H2,1-5H3,(H,31,36). The molecule has 0 aliphatic carbocycles. The Hall–Kier alpha value is -4.07. The van der Waals surface area contributed by atoms with Gasteiger partial charge < -0.3 is 14.2 Å². The molecule has 0 unspecified atom stereocenters. The molecule has 2 heterocycles. The molecule has 2 N–H and O–H groups in total. The Morgan fingerprint density at radius 1 is 1.00 bits per heavy atom. The number of morpholine rings is 1. The molecular formula is C30H37N5O7S. The van der Waals surface area contributed by atoms with E-state index >= 15 is 0 Å². The van der Waals surface area contributed by atoms with Gasteiger partial charge in [-0.3, -0.25) is 9.62 Å². The quantitative estimate of drug-likeness (QED) is 0.295. The first-order valence-electron chi connectivity index (χ1n) is 14.0. The second kappa shape index (κ2) is 11.9. The van der Waals surface area contributed by atoms with Crippen LogP contribution in [0, 0.1) is 0 Å². The number of benzene rings is 3. The average Bonchev–Trinajstić information content (AvgIpc) is 3.25. The van der Waals surface area contributed by atoms with E-state index in [-0.39, 0.29) is 17.1 Å². The Bertz CT molecular complexity index is 1860. The monoisotopic (exact) mass is 611 g/mol. The van der Waals surface area contributed by atoms with E-state index in [0.717, 1.165) is 46.1 Å². The van der Waals surface area contributed by atoms with Crippen LogP contribution in [0.2, 0.25) is 0 Å². The molecule has 0 bridgehead atoms. The molecule has 1 fully saturated rings. The van der Waals surface area contributed by atoms with Gasteiger partial charge in [-0.05, 0) is 35.2 Å². The number of aromatic nitrogens is 3. The molecule has 43 heavy (non-hydrogen) atoms. The SMILES string of the molecule is COc1c(NS(C)(=O)=O)cc(C(C)(C)C)cc1-n1[nH]c(=O)n(-c2ccc(OCCN3CCOCC3)c3ccccc23)c1=O. The topological polar surface area (TPSA) is 137 Å². The fraction of sp³-hybridized carbons (Fsp3) is 0.400. The molecule has 1 aliphatic heterocycles. The van der Waals surface area contributed by atoms with Gasteiger partial charge in [-0.25, -0.2) is 27.7 Å². The van der Waals surface area contributed by atoms with Gasteiger partial charge in [-0.2, -0.15) is 4.68 Å². The number of methoxy groups -OCH3 is 1. The maximum Gasteiger partial charge on any atom is 0.356 e. The highest BCUT2D eigenvalue weighted by molar-refractivity contribution is 7.92. The molecule has 13 heteroatoms. The molecule has 0 radical (unpaired) electrons. The van der Waals surface area contributed by atoms with Gasteiger partial charge >= 0.3 is 11.4 Å². The number of sulfonamides is 1. The molecule has 1 aromatic heterocycles. The van der Waals surface area contributed by atoms with Crippen molar-refractivity contribution in [1.29, 1.82) is 0 Å². The van der Waals surface area contributed by atoms with Crippen LogP contribution in [0.1, 0.15) is 26.3 Å². The first-order valence-corrected chi connectivity index (χ1v) is 15.9. The molecule has 0 atom stereocenters. The van der Waals surface area contributed by atoms with Crippen LogP contribution < -0.4 is 25.6 Å². The number of aromatic amines is 1. The van der Waals surface area contributed by atoms with E-state index in [1.54, 1.807) is 24.3 Å². The van der Waals surface area contributed by atoms with E-state index in [4.69, 9.17) is 14.2 Å². The normalized spacial score (nSPS) is 14.6. The lowest BCUT2D eigenvalue weighted by atomic mass is 9.86. The van der Waals surface area contributed by atoms with Gasteiger partial charge in [0.2, 0.25) is 10.0 Å². The number of H-pyrrole nitrogens is 1. The van der Waals surface area contributed by atoms with E-state index in [1.165, 1.54) is 7.11 Å². The largest absolute Gasteiger partial charge is 0.492 e. The van der Waals surface area contributed by atoms with E-state index in [0.29, 0.717) is 36.6 Å². The Labute approximate surface area is 249 Å². The van der Waals surface area contributed by atoms with Gasteiger partial charge in [0.05, 0.1) is 38.0 Å². The predicted octanol–water partition coefficient (Wildman–Crippen LogP) is 2.86. The van der Waals surface area contributed by atoms with E-state index < -0.39 is 26.8 Å². The summed E-state index contributed by atoms with van der Waals surface area (Å²) in [6.07, 6.45) is 1.03. The molecule has 0 spiro atoms. The fourth-order valence-corrected chi connectivity index (χ4v) is 5.70. The first kappa shape index (κ1) is 30.4. The zero-order valence-corrected chi connectivity index (χ0v) is 25.8. The Morgan fingerprint density at radius 3 is 2.35 bits per heavy atom. The molecule has 5 rings (SSSR count). The van der Waals surface area contributed by atoms with E-state index in [9.17, 15) is 18.0 Å². The van der Waals surface area contributed by atoms with Crippen LogP contribution in [0.25, 0.3) is 22.1 Å². The van der Waals surface area contributed by atoms with Crippen molar-refractivity contribution < 1.29 is 22.6 Å². The van der Waals surface area contributed by atoms with Crippen molar-refractivity contribution in [1.82, 2.24) is 19.2 Å². The summed E-state index contributed by atoms with van der Waals surface area (Å²) in [5, 5.41) is 4.04. The minimum atomic E-state index is -3.68. The summed E-state index contributed by atoms with van der Waals surface area (Å²) < 4.78 is 46.1. The van der Waals surface area contributed by atoms with E-state index in [1.807, 2.05) is 45.0 Å². The van der Waals surface area contributed by atoms with Gasteiger partial charge in [0.15, 0.2) is 5.75 Å². The molecule has 4 aromatic rings. The van der Waals surface area contributed by atoms with Crippen LogP contribution in [-0.4, -0.2) is 80.5 Å². The van der Waals surface area contributed by atoms with Crippen molar-refractivity contribution in [2.45, 2.75) is 26.2 Å². The lowest BCUT2D eigenvalue weighted by Crippen LogP contribution is -2.38. The zero-order valence-electron chi connectivity index (χ0n) is 25.0. The molecule has 0 saturated carbocycles. The Balaban J connectivity index is 1.59. The molecule has 12 nitrogen and oxygen atoms in total. The maximum absolute atomic E-state index is 13.9. The zero-order chi connectivity index (χ0) is 30.9. The fourth-order valence-electron chi connectivity index (χ4n) is 5.14. The lowest BCUT2D eigenvalue weighted by Gasteiger charge is -2.26. The lowest BCUT2D eigenvalue weighted by molar-refractivity contribution is 0.0323. The van der Waals surface area contributed by atoms with Crippen LogP contribution >= 0.6 is 0 Å². The molecule has 1 aliphatic rings. The molecule has 0 amide bonds. The number of hydrogen-bond donors (Lipinski definition) is 2. The molecular weight excluding hydrogens is 574 g/mol. The number of nitrogens with one attached hydrogen (secondary N) is 2. The van der Waals surface area contributed by atoms with Gasteiger partial charge in [0.1, 0.15) is 18.0 Å². The van der Waals surface area contributed by atoms with Crippen LogP contribution in [0.3, 0.4) is 0 Å². The number of anilines is 1. The highest BCUT2D eigenvalue weighted by Gasteiger charge is 2.25. The van der Waals surface area contributed by atoms with Crippen LogP contribution in [0.4, 0.5) is 5.69 Å². The van der Waals surface area contributed by atoms with Crippen molar-refractivity contribution in [2.24, 2.45) is 0 Å². The van der Waals surface area contributed by atoms with Gasteiger partial charge in [-0.1, -0.05) is 45.0 Å². The second-order valence-electron chi connectivity index (χ2n) is 11.5. The van der Waals surface area contributed by atoms with Crippen LogP contribution in [0.15, 0.2) is 58.1 Å². The third-order valence-electron chi connectivity index (χ3n) is 7.34. The van der Waals surface area contributed by atoms with Crippen LogP contribution in [-0.2, 0) is 20.2 Å². The Morgan fingerprint density at radius 2 is 1.70 bits per heavy atom. The minimum Gasteiger partial charge on any atom is -0.492 e. The van der Waals surface area contributed by atoms with Gasteiger partial charge in [0.25, 0.3) is 0 Å². The van der Waals surface area contributed by atoms with Crippen LogP contribution in [0.5, 0.6) is 11.5 Å². The number of fused-ring (bicyclic) bond motifs is 1. The molecule has 3 aromatic carbocycles. The summed E-state index contributed by atoms with van der Waals surface area (Å²) in [5.74, 6) is 0.732. The van der Waals surface area contributed by atoms with Gasteiger partial charge in [-0.15, -0.1) is 0 Å². The summed E-state index contributed by atoms with van der Waals surface area (Å²) in [4.78, 5) is 29.6. The van der Waals surface area contributed by atoms with Crippen molar-refractivity contribution in [3.8, 4) is 22.9 Å². The number of hydrogen-bond acceptors (Lipinski definition) is 8. The summed E-state index contributed by atoms with van der Waals surface area (Å²) in [5.41, 5.74) is -0.329. The van der Waals surface area contributed by atoms with Crippen molar-refractivity contribution in [2.75, 3.05) is 57.5 Å². The van der Waals surface area contributed by atoms with Gasteiger partial charge in [0, 0.05) is 30.4 Å². The number of ether oxygens (including phenoxy) is 3. The summed E-state index contributed by atoms with van der Waals surface area (Å²) in [6.45, 7) is 10.2. The molecule has 1 saturated heterocycles. The maximum atomic E-state index is 13.9. The second-order valence-corrected chi connectivity index (χ2v) is 13.3. The molecule has 230 valence electrons. The van der Waals surface area contributed by atoms with Crippen molar-refractivity contribution in [3.63, 3.8) is 0 Å². The van der Waals surface area contributed by atoms with E-state index in [2.05, 4.69) is 14.7 Å². The summed E-state index contributed by atoms with van der Waals surface area (Å²) >= 11 is 0. The highest BCUT2D eigenvalue weighted by atomic mass is 32.2. The number of rotatable bonds is 9. The first-order chi connectivity index (χ1) is 20.4. The smallest absolute Gasteiger partial charge is 0.356 e. The highest BCUT2D eigenvalue weighted by Crippen LogP contribution is 2.37. The Kier molecular flexibility index (Phi) is 8.41. The summed E-state index contributed by atoms with van der Waals surface area (Å²) in [7, 11) is -2.31. The predicted molar refractivity (Wildman–Crippen MR) is 166 cm³/mol. The third-order valence-corrected chi connectivity index (χ3v) is 7.93. The number of nitrogens with zero attached hydrogens (tertiary/aromatic N) is 3. The third kappa shape index (κ3) is 6.48.